The zero-order chi connectivity index (χ0) is 20.6. The molecule has 0 unspecified atom stereocenters. The summed E-state index contributed by atoms with van der Waals surface area (Å²) >= 11 is 0. The van der Waals surface area contributed by atoms with E-state index in [4.69, 9.17) is 9.47 Å². The Hall–Kier alpha value is -2.79. The Labute approximate surface area is 167 Å². The van der Waals surface area contributed by atoms with Crippen LogP contribution in [0.25, 0.3) is 0 Å². The van der Waals surface area contributed by atoms with Gasteiger partial charge in [-0.15, -0.1) is 0 Å². The van der Waals surface area contributed by atoms with Gasteiger partial charge >= 0.3 is 5.69 Å². The van der Waals surface area contributed by atoms with E-state index in [1.165, 1.54) is 29.6 Å². The molecule has 29 heavy (non-hydrogen) atoms. The number of aromatic nitrogens is 2. The van der Waals surface area contributed by atoms with Gasteiger partial charge in [-0.25, -0.2) is 13.2 Å². The number of piperazine rings is 1. The summed E-state index contributed by atoms with van der Waals surface area (Å²) in [6.45, 7) is 2.18. The Morgan fingerprint density at radius 1 is 0.966 bits per heavy atom. The molecule has 0 radical (unpaired) electrons. The smallest absolute Gasteiger partial charge is 0.329 e. The number of sulfonamides is 1. The number of nitrogens with zero attached hydrogens (tertiary/aromatic N) is 3. The third-order valence-corrected chi connectivity index (χ3v) is 6.96. The second kappa shape index (κ2) is 7.56. The van der Waals surface area contributed by atoms with Crippen LogP contribution in [0.15, 0.2) is 38.8 Å². The molecular formula is C18H22N4O6S. The van der Waals surface area contributed by atoms with Crippen LogP contribution in [0.3, 0.4) is 0 Å². The van der Waals surface area contributed by atoms with Crippen LogP contribution >= 0.6 is 0 Å². The normalized spacial score (nSPS) is 17.8. The van der Waals surface area contributed by atoms with Gasteiger partial charge in [-0.3, -0.25) is 14.3 Å². The number of nitrogens with one attached hydrogen (secondary N) is 1. The summed E-state index contributed by atoms with van der Waals surface area (Å²) in [4.78, 5) is 28.2. The lowest BCUT2D eigenvalue weighted by molar-refractivity contribution is 0.296. The SMILES string of the molecule is Cn1c(=O)cc(N2CCN(S(=O)(=O)c3ccc4c(c3)OCCCO4)CC2)[nH]c1=O. The standard InChI is InChI=1S/C18H22N4O6S/c1-20-17(23)12-16(19-18(20)24)21-5-7-22(8-6-21)29(25,26)13-3-4-14-15(11-13)28-10-2-9-27-14/h3-4,11-12H,2,5-10H2,1H3,(H,19,24). The number of rotatable bonds is 3. The van der Waals surface area contributed by atoms with E-state index in [1.807, 2.05) is 0 Å². The van der Waals surface area contributed by atoms with Gasteiger partial charge in [-0.2, -0.15) is 4.31 Å². The van der Waals surface area contributed by atoms with Gasteiger partial charge in [-0.1, -0.05) is 0 Å². The van der Waals surface area contributed by atoms with E-state index in [0.29, 0.717) is 43.6 Å². The molecule has 3 heterocycles. The summed E-state index contributed by atoms with van der Waals surface area (Å²) in [6, 6.07) is 5.98. The molecule has 2 aromatic rings. The molecule has 1 aromatic carbocycles. The highest BCUT2D eigenvalue weighted by Gasteiger charge is 2.30. The largest absolute Gasteiger partial charge is 0.490 e. The van der Waals surface area contributed by atoms with Gasteiger partial charge in [0.2, 0.25) is 10.0 Å². The number of hydrogen-bond donors (Lipinski definition) is 1. The van der Waals surface area contributed by atoms with Crippen molar-refractivity contribution in [3.63, 3.8) is 0 Å². The van der Waals surface area contributed by atoms with Gasteiger partial charge in [0.1, 0.15) is 5.82 Å². The molecule has 1 N–H and O–H groups in total. The van der Waals surface area contributed by atoms with Gasteiger partial charge in [0.15, 0.2) is 11.5 Å². The fourth-order valence-corrected chi connectivity index (χ4v) is 4.77. The topological polar surface area (TPSA) is 114 Å². The van der Waals surface area contributed by atoms with Crippen LogP contribution in [0.4, 0.5) is 5.82 Å². The predicted octanol–water partition coefficient (Wildman–Crippen LogP) is -0.254. The monoisotopic (exact) mass is 422 g/mol. The van der Waals surface area contributed by atoms with E-state index >= 15 is 0 Å². The first-order valence-corrected chi connectivity index (χ1v) is 10.8. The Balaban J connectivity index is 1.51. The molecule has 10 nitrogen and oxygen atoms in total. The van der Waals surface area contributed by atoms with E-state index in [1.54, 1.807) is 11.0 Å². The van der Waals surface area contributed by atoms with Crippen molar-refractivity contribution in [2.24, 2.45) is 7.05 Å². The van der Waals surface area contributed by atoms with Gasteiger partial charge in [0.05, 0.1) is 18.1 Å². The lowest BCUT2D eigenvalue weighted by Gasteiger charge is -2.34. The molecule has 1 fully saturated rings. The summed E-state index contributed by atoms with van der Waals surface area (Å²) in [5.74, 6) is 1.37. The summed E-state index contributed by atoms with van der Waals surface area (Å²) in [6.07, 6.45) is 0.739. The molecule has 0 saturated carbocycles. The molecule has 0 bridgehead atoms. The van der Waals surface area contributed by atoms with Crippen LogP contribution in [0, 0.1) is 0 Å². The molecular weight excluding hydrogens is 400 g/mol. The fraction of sp³-hybridized carbons (Fsp3) is 0.444. The number of ether oxygens (including phenoxy) is 2. The zero-order valence-electron chi connectivity index (χ0n) is 16.0. The maximum atomic E-state index is 13.1. The molecule has 2 aliphatic rings. The minimum atomic E-state index is -3.70. The van der Waals surface area contributed by atoms with Gasteiger partial charge in [0, 0.05) is 51.8 Å². The van der Waals surface area contributed by atoms with E-state index in [2.05, 4.69) is 4.98 Å². The molecule has 0 atom stereocenters. The highest BCUT2D eigenvalue weighted by Crippen LogP contribution is 2.33. The number of benzene rings is 1. The second-order valence-electron chi connectivity index (χ2n) is 6.91. The van der Waals surface area contributed by atoms with Crippen molar-refractivity contribution in [1.29, 1.82) is 0 Å². The summed E-state index contributed by atoms with van der Waals surface area (Å²) in [5, 5.41) is 0. The highest BCUT2D eigenvalue weighted by atomic mass is 32.2. The van der Waals surface area contributed by atoms with Crippen molar-refractivity contribution in [2.45, 2.75) is 11.3 Å². The van der Waals surface area contributed by atoms with Crippen LogP contribution in [-0.4, -0.2) is 61.7 Å². The van der Waals surface area contributed by atoms with E-state index in [0.717, 1.165) is 11.0 Å². The highest BCUT2D eigenvalue weighted by molar-refractivity contribution is 7.89. The first-order chi connectivity index (χ1) is 13.9. The minimum absolute atomic E-state index is 0.150. The maximum Gasteiger partial charge on any atom is 0.329 e. The van der Waals surface area contributed by atoms with Crippen molar-refractivity contribution >= 4 is 15.8 Å². The van der Waals surface area contributed by atoms with E-state index in [-0.39, 0.29) is 18.0 Å². The molecule has 11 heteroatoms. The third-order valence-electron chi connectivity index (χ3n) is 5.07. The number of H-pyrrole nitrogens is 1. The van der Waals surface area contributed by atoms with Crippen LogP contribution in [-0.2, 0) is 17.1 Å². The van der Waals surface area contributed by atoms with Gasteiger partial charge in [0.25, 0.3) is 5.56 Å². The Morgan fingerprint density at radius 3 is 2.34 bits per heavy atom. The molecule has 1 saturated heterocycles. The summed E-state index contributed by atoms with van der Waals surface area (Å²) < 4.78 is 39.6. The van der Waals surface area contributed by atoms with E-state index in [9.17, 15) is 18.0 Å². The average molecular weight is 422 g/mol. The number of aromatic amines is 1. The van der Waals surface area contributed by atoms with Crippen molar-refractivity contribution in [3.8, 4) is 11.5 Å². The van der Waals surface area contributed by atoms with Gasteiger partial charge in [-0.05, 0) is 12.1 Å². The fourth-order valence-electron chi connectivity index (χ4n) is 3.34. The van der Waals surface area contributed by atoms with E-state index < -0.39 is 21.3 Å². The third kappa shape index (κ3) is 3.75. The maximum absolute atomic E-state index is 13.1. The first kappa shape index (κ1) is 19.5. The Morgan fingerprint density at radius 2 is 1.66 bits per heavy atom. The molecule has 156 valence electrons. The van der Waals surface area contributed by atoms with Crippen molar-refractivity contribution in [2.75, 3.05) is 44.3 Å². The minimum Gasteiger partial charge on any atom is -0.490 e. The molecule has 4 rings (SSSR count). The molecule has 1 aromatic heterocycles. The first-order valence-electron chi connectivity index (χ1n) is 9.31. The van der Waals surface area contributed by atoms with Crippen LogP contribution in [0.2, 0.25) is 0 Å². The molecule has 0 spiro atoms. The van der Waals surface area contributed by atoms with Crippen LogP contribution in [0.5, 0.6) is 11.5 Å². The average Bonchev–Trinajstić information content (AvgIpc) is 2.96. The number of hydrogen-bond acceptors (Lipinski definition) is 7. The Kier molecular flexibility index (Phi) is 5.09. The number of anilines is 1. The lowest BCUT2D eigenvalue weighted by Crippen LogP contribution is -2.49. The van der Waals surface area contributed by atoms with Crippen molar-refractivity contribution in [3.05, 3.63) is 45.1 Å². The van der Waals surface area contributed by atoms with Crippen molar-refractivity contribution in [1.82, 2.24) is 13.9 Å². The molecule has 0 aliphatic carbocycles. The zero-order valence-corrected chi connectivity index (χ0v) is 16.8. The molecule has 2 aliphatic heterocycles. The van der Waals surface area contributed by atoms with Gasteiger partial charge < -0.3 is 14.4 Å². The number of fused-ring (bicyclic) bond motifs is 1. The molecule has 0 amide bonds. The quantitative estimate of drug-likeness (QED) is 0.725. The van der Waals surface area contributed by atoms with Crippen LogP contribution in [0.1, 0.15) is 6.42 Å². The predicted molar refractivity (Wildman–Crippen MR) is 105 cm³/mol. The summed E-state index contributed by atoms with van der Waals surface area (Å²) in [5.41, 5.74) is -0.916. The van der Waals surface area contributed by atoms with Crippen molar-refractivity contribution < 1.29 is 17.9 Å². The Bertz CT molecular complexity index is 1100. The van der Waals surface area contributed by atoms with Crippen LogP contribution < -0.4 is 25.6 Å². The summed E-state index contributed by atoms with van der Waals surface area (Å²) in [7, 11) is -2.31. The second-order valence-corrected chi connectivity index (χ2v) is 8.85. The lowest BCUT2D eigenvalue weighted by atomic mass is 10.3.